The van der Waals surface area contributed by atoms with E-state index < -0.39 is 5.60 Å². The van der Waals surface area contributed by atoms with Crippen molar-refractivity contribution in [1.29, 1.82) is 0 Å². The van der Waals surface area contributed by atoms with Gasteiger partial charge in [-0.2, -0.15) is 0 Å². The summed E-state index contributed by atoms with van der Waals surface area (Å²) in [6.07, 6.45) is 2.05. The molecule has 110 valence electrons. The first kappa shape index (κ1) is 15.0. The van der Waals surface area contributed by atoms with Gasteiger partial charge >= 0.3 is 0 Å². The maximum atomic E-state index is 11.4. The Balaban J connectivity index is 2.22. The first-order valence-corrected chi connectivity index (χ1v) is 7.11. The molecule has 4 heteroatoms. The molecule has 0 saturated heterocycles. The van der Waals surface area contributed by atoms with Crippen LogP contribution in [0, 0.1) is 0 Å². The van der Waals surface area contributed by atoms with Crippen LogP contribution in [0.15, 0.2) is 24.3 Å². The van der Waals surface area contributed by atoms with Crippen LogP contribution in [0.4, 0.5) is 0 Å². The Labute approximate surface area is 120 Å². The van der Waals surface area contributed by atoms with Gasteiger partial charge in [-0.15, -0.1) is 0 Å². The largest absolute Gasteiger partial charge is 0.497 e. The molecule has 0 amide bonds. The summed E-state index contributed by atoms with van der Waals surface area (Å²) in [4.78, 5) is 11.4. The molecule has 2 N–H and O–H groups in total. The summed E-state index contributed by atoms with van der Waals surface area (Å²) in [5, 5.41) is 14.1. The summed E-state index contributed by atoms with van der Waals surface area (Å²) in [6, 6.07) is 7.81. The van der Waals surface area contributed by atoms with Crippen molar-refractivity contribution in [3.63, 3.8) is 0 Å². The van der Waals surface area contributed by atoms with Crippen LogP contribution in [0.25, 0.3) is 0 Å². The minimum Gasteiger partial charge on any atom is -0.497 e. The number of carbonyl (C=O) groups excluding carboxylic acids is 1. The van der Waals surface area contributed by atoms with Crippen LogP contribution < -0.4 is 10.1 Å². The molecule has 0 aliphatic heterocycles. The second kappa shape index (κ2) is 6.37. The zero-order valence-corrected chi connectivity index (χ0v) is 12.2. The van der Waals surface area contributed by atoms with Crippen LogP contribution >= 0.6 is 0 Å². The number of Topliss-reactive ketones (excluding diaryl/α,β-unsaturated/α-hetero) is 1. The second-order valence-corrected chi connectivity index (χ2v) is 5.53. The molecule has 20 heavy (non-hydrogen) atoms. The Bertz CT molecular complexity index is 445. The molecule has 1 aromatic rings. The average Bonchev–Trinajstić information content (AvgIpc) is 2.48. The number of nitrogens with one attached hydrogen (secondary N) is 1. The van der Waals surface area contributed by atoms with E-state index in [4.69, 9.17) is 4.74 Å². The van der Waals surface area contributed by atoms with Crippen molar-refractivity contribution < 1.29 is 14.6 Å². The van der Waals surface area contributed by atoms with Crippen LogP contribution in [0.2, 0.25) is 0 Å². The minimum absolute atomic E-state index is 0.00786. The van der Waals surface area contributed by atoms with E-state index in [0.29, 0.717) is 32.2 Å². The van der Waals surface area contributed by atoms with Crippen LogP contribution in [-0.4, -0.2) is 37.2 Å². The lowest BCUT2D eigenvalue weighted by Crippen LogP contribution is -2.44. The van der Waals surface area contributed by atoms with Crippen LogP contribution in [0.1, 0.15) is 37.2 Å². The molecule has 1 aliphatic rings. The van der Waals surface area contributed by atoms with Crippen molar-refractivity contribution in [3.05, 3.63) is 29.8 Å². The Morgan fingerprint density at radius 2 is 1.90 bits per heavy atom. The Hall–Kier alpha value is -1.39. The van der Waals surface area contributed by atoms with Crippen LogP contribution in [-0.2, 0) is 4.79 Å². The van der Waals surface area contributed by atoms with Gasteiger partial charge in [0.05, 0.1) is 12.7 Å². The van der Waals surface area contributed by atoms with E-state index in [0.717, 1.165) is 11.3 Å². The lowest BCUT2D eigenvalue weighted by atomic mass is 9.72. The fraction of sp³-hybridized carbons (Fsp3) is 0.562. The molecule has 0 bridgehead atoms. The number of likely N-dealkylation sites (N-methyl/N-ethyl adjacent to an activating group) is 1. The SMILES string of the molecule is CNCC(c1ccc(OC)cc1)C1(O)CCC(=O)CC1. The third-order valence-electron chi connectivity index (χ3n) is 4.25. The number of aliphatic hydroxyl groups is 1. The molecule has 0 spiro atoms. The van der Waals surface area contributed by atoms with Gasteiger partial charge in [0.25, 0.3) is 0 Å². The highest BCUT2D eigenvalue weighted by atomic mass is 16.5. The second-order valence-electron chi connectivity index (χ2n) is 5.53. The van der Waals surface area contributed by atoms with Gasteiger partial charge in [-0.3, -0.25) is 4.79 Å². The highest BCUT2D eigenvalue weighted by molar-refractivity contribution is 5.79. The highest BCUT2D eigenvalue weighted by Gasteiger charge is 2.40. The molecule has 0 aromatic heterocycles. The van der Waals surface area contributed by atoms with E-state index in [1.54, 1.807) is 7.11 Å². The predicted molar refractivity (Wildman–Crippen MR) is 78.1 cm³/mol. The van der Waals surface area contributed by atoms with Gasteiger partial charge in [0, 0.05) is 25.3 Å². The summed E-state index contributed by atoms with van der Waals surface area (Å²) in [5.41, 5.74) is 0.280. The molecule has 1 aromatic carbocycles. The van der Waals surface area contributed by atoms with Gasteiger partial charge in [-0.1, -0.05) is 12.1 Å². The Morgan fingerprint density at radius 3 is 2.40 bits per heavy atom. The van der Waals surface area contributed by atoms with Crippen molar-refractivity contribution in [2.24, 2.45) is 0 Å². The number of ketones is 1. The smallest absolute Gasteiger partial charge is 0.133 e. The van der Waals surface area contributed by atoms with Crippen molar-refractivity contribution in [2.75, 3.05) is 20.7 Å². The van der Waals surface area contributed by atoms with Crippen molar-refractivity contribution in [2.45, 2.75) is 37.2 Å². The number of carbonyl (C=O) groups is 1. The first-order valence-electron chi connectivity index (χ1n) is 7.11. The molecule has 2 rings (SSSR count). The maximum absolute atomic E-state index is 11.4. The lowest BCUT2D eigenvalue weighted by Gasteiger charge is -2.39. The summed E-state index contributed by atoms with van der Waals surface area (Å²) in [6.45, 7) is 0.691. The number of ether oxygens (including phenoxy) is 1. The number of hydrogen-bond donors (Lipinski definition) is 2. The topological polar surface area (TPSA) is 58.6 Å². The quantitative estimate of drug-likeness (QED) is 0.862. The van der Waals surface area contributed by atoms with Crippen LogP contribution in [0.3, 0.4) is 0 Å². The highest BCUT2D eigenvalue weighted by Crippen LogP contribution is 2.39. The summed E-state index contributed by atoms with van der Waals surface area (Å²) in [7, 11) is 3.52. The fourth-order valence-corrected chi connectivity index (χ4v) is 2.97. The lowest BCUT2D eigenvalue weighted by molar-refractivity contribution is -0.126. The van der Waals surface area contributed by atoms with Gasteiger partial charge in [0.1, 0.15) is 11.5 Å². The predicted octanol–water partition coefficient (Wildman–Crippen LogP) is 1.87. The number of benzene rings is 1. The normalized spacial score (nSPS) is 19.6. The van der Waals surface area contributed by atoms with Crippen molar-refractivity contribution in [3.8, 4) is 5.75 Å². The van der Waals surface area contributed by atoms with Crippen molar-refractivity contribution >= 4 is 5.78 Å². The van der Waals surface area contributed by atoms with Crippen molar-refractivity contribution in [1.82, 2.24) is 5.32 Å². The molecule has 0 radical (unpaired) electrons. The third kappa shape index (κ3) is 3.19. The summed E-state index contributed by atoms with van der Waals surface area (Å²) >= 11 is 0. The zero-order valence-electron chi connectivity index (χ0n) is 12.2. The van der Waals surface area contributed by atoms with E-state index in [-0.39, 0.29) is 11.7 Å². The number of rotatable bonds is 5. The third-order valence-corrected chi connectivity index (χ3v) is 4.25. The van der Waals surface area contributed by atoms with E-state index in [9.17, 15) is 9.90 Å². The fourth-order valence-electron chi connectivity index (χ4n) is 2.97. The van der Waals surface area contributed by atoms with Gasteiger partial charge in [0.15, 0.2) is 0 Å². The molecular weight excluding hydrogens is 254 g/mol. The molecule has 0 heterocycles. The Kier molecular flexibility index (Phi) is 4.78. The zero-order chi connectivity index (χ0) is 14.6. The molecular formula is C16H23NO3. The summed E-state index contributed by atoms with van der Waals surface area (Å²) in [5.74, 6) is 1.06. The first-order chi connectivity index (χ1) is 9.59. The average molecular weight is 277 g/mol. The van der Waals surface area contributed by atoms with Gasteiger partial charge in [0.2, 0.25) is 0 Å². The molecule has 1 unspecified atom stereocenters. The van der Waals surface area contributed by atoms with E-state index in [1.165, 1.54) is 0 Å². The molecule has 1 fully saturated rings. The van der Waals surface area contributed by atoms with Gasteiger partial charge in [-0.25, -0.2) is 0 Å². The summed E-state index contributed by atoms with van der Waals surface area (Å²) < 4.78 is 5.17. The monoisotopic (exact) mass is 277 g/mol. The standard InChI is InChI=1S/C16H23NO3/c1-17-11-15(12-3-5-14(20-2)6-4-12)16(19)9-7-13(18)8-10-16/h3-6,15,17,19H,7-11H2,1-2H3. The molecule has 1 aliphatic carbocycles. The van der Waals surface area contributed by atoms with E-state index in [2.05, 4.69) is 5.32 Å². The minimum atomic E-state index is -0.800. The molecule has 1 saturated carbocycles. The van der Waals surface area contributed by atoms with E-state index in [1.807, 2.05) is 31.3 Å². The van der Waals surface area contributed by atoms with Crippen LogP contribution in [0.5, 0.6) is 5.75 Å². The Morgan fingerprint density at radius 1 is 1.30 bits per heavy atom. The number of methoxy groups -OCH3 is 1. The maximum Gasteiger partial charge on any atom is 0.133 e. The van der Waals surface area contributed by atoms with E-state index >= 15 is 0 Å². The van der Waals surface area contributed by atoms with Gasteiger partial charge < -0.3 is 15.2 Å². The van der Waals surface area contributed by atoms with Gasteiger partial charge in [-0.05, 0) is 37.6 Å². The molecule has 1 atom stereocenters. The number of hydrogen-bond acceptors (Lipinski definition) is 4. The molecule has 4 nitrogen and oxygen atoms in total.